The number of ether oxygens (including phenoxy) is 1. The molecule has 0 saturated carbocycles. The molecule has 1 amide bonds. The summed E-state index contributed by atoms with van der Waals surface area (Å²) in [5.41, 5.74) is 2.16. The van der Waals surface area contributed by atoms with Crippen LogP contribution in [0.5, 0.6) is 0 Å². The number of anilines is 1. The van der Waals surface area contributed by atoms with Crippen LogP contribution >= 0.6 is 11.6 Å². The van der Waals surface area contributed by atoms with Crippen LogP contribution in [0.2, 0.25) is 5.02 Å². The monoisotopic (exact) mass is 397 g/mol. The Balaban J connectivity index is 1.40. The number of hydrogen-bond donors (Lipinski definition) is 1. The van der Waals surface area contributed by atoms with E-state index in [0.717, 1.165) is 38.4 Å². The summed E-state index contributed by atoms with van der Waals surface area (Å²) in [7, 11) is 0. The Bertz CT molecular complexity index is 938. The van der Waals surface area contributed by atoms with Gasteiger partial charge in [0.15, 0.2) is 0 Å². The van der Waals surface area contributed by atoms with E-state index in [2.05, 4.69) is 20.2 Å². The number of rotatable bonds is 5. The first-order chi connectivity index (χ1) is 13.7. The zero-order valence-electron chi connectivity index (χ0n) is 15.2. The van der Waals surface area contributed by atoms with Gasteiger partial charge >= 0.3 is 0 Å². The number of benzene rings is 1. The van der Waals surface area contributed by atoms with Crippen molar-refractivity contribution in [3.8, 4) is 5.82 Å². The normalized spacial score (nSPS) is 14.8. The number of aromatic nitrogens is 3. The molecule has 0 aliphatic carbocycles. The fourth-order valence-corrected chi connectivity index (χ4v) is 3.26. The van der Waals surface area contributed by atoms with Crippen LogP contribution < -0.4 is 5.32 Å². The summed E-state index contributed by atoms with van der Waals surface area (Å²) in [6, 6.07) is 9.10. The summed E-state index contributed by atoms with van der Waals surface area (Å²) in [5, 5.41) is 3.50. The molecule has 1 N–H and O–H groups in total. The highest BCUT2D eigenvalue weighted by molar-refractivity contribution is 6.31. The molecule has 4 rings (SSSR count). The number of imidazole rings is 1. The molecule has 8 heteroatoms. The maximum Gasteiger partial charge on any atom is 0.257 e. The number of halogens is 1. The smallest absolute Gasteiger partial charge is 0.257 e. The minimum absolute atomic E-state index is 0.235. The first-order valence-corrected chi connectivity index (χ1v) is 9.41. The lowest BCUT2D eigenvalue weighted by atomic mass is 10.1. The molecule has 0 spiro atoms. The van der Waals surface area contributed by atoms with E-state index in [4.69, 9.17) is 16.3 Å². The third kappa shape index (κ3) is 4.39. The highest BCUT2D eigenvalue weighted by Gasteiger charge is 2.13. The highest BCUT2D eigenvalue weighted by atomic mass is 35.5. The molecule has 2 aromatic heterocycles. The summed E-state index contributed by atoms with van der Waals surface area (Å²) in [6.45, 7) is 4.07. The van der Waals surface area contributed by atoms with E-state index in [9.17, 15) is 4.79 Å². The lowest BCUT2D eigenvalue weighted by molar-refractivity contribution is 0.0342. The Kier molecular flexibility index (Phi) is 5.66. The van der Waals surface area contributed by atoms with Gasteiger partial charge in [0.05, 0.1) is 18.8 Å². The Morgan fingerprint density at radius 3 is 2.75 bits per heavy atom. The van der Waals surface area contributed by atoms with Crippen LogP contribution in [-0.4, -0.2) is 51.6 Å². The number of pyridine rings is 1. The fraction of sp³-hybridized carbons (Fsp3) is 0.250. The maximum absolute atomic E-state index is 12.5. The molecule has 1 aliphatic heterocycles. The van der Waals surface area contributed by atoms with Gasteiger partial charge in [0.1, 0.15) is 12.1 Å². The first kappa shape index (κ1) is 18.6. The van der Waals surface area contributed by atoms with Gasteiger partial charge in [-0.05, 0) is 29.8 Å². The molecule has 0 atom stereocenters. The second kappa shape index (κ2) is 8.52. The molecule has 1 aliphatic rings. The van der Waals surface area contributed by atoms with Crippen molar-refractivity contribution in [1.82, 2.24) is 19.4 Å². The molecule has 1 saturated heterocycles. The molecule has 3 aromatic rings. The van der Waals surface area contributed by atoms with Crippen molar-refractivity contribution in [1.29, 1.82) is 0 Å². The van der Waals surface area contributed by atoms with Gasteiger partial charge in [-0.15, -0.1) is 0 Å². The lowest BCUT2D eigenvalue weighted by Gasteiger charge is -2.27. The van der Waals surface area contributed by atoms with Crippen molar-refractivity contribution in [2.24, 2.45) is 0 Å². The summed E-state index contributed by atoms with van der Waals surface area (Å²) in [4.78, 5) is 23.1. The van der Waals surface area contributed by atoms with E-state index in [1.165, 1.54) is 0 Å². The van der Waals surface area contributed by atoms with Crippen molar-refractivity contribution in [2.75, 3.05) is 31.6 Å². The Hall–Kier alpha value is -2.74. The molecular formula is C20H20ClN5O2. The van der Waals surface area contributed by atoms with E-state index in [1.54, 1.807) is 47.7 Å². The Morgan fingerprint density at radius 1 is 1.21 bits per heavy atom. The highest BCUT2D eigenvalue weighted by Crippen LogP contribution is 2.23. The average molecular weight is 398 g/mol. The topological polar surface area (TPSA) is 72.3 Å². The van der Waals surface area contributed by atoms with Crippen molar-refractivity contribution in [3.63, 3.8) is 0 Å². The summed E-state index contributed by atoms with van der Waals surface area (Å²) in [5.74, 6) is 0.464. The minimum Gasteiger partial charge on any atom is -0.379 e. The standard InChI is InChI=1S/C20H20ClN5O2/c21-18-11-17(3-1-16(18)13-25-7-9-28-10-8-25)24-20(27)15-2-4-19(23-12-15)26-6-5-22-14-26/h1-6,11-12,14H,7-10,13H2,(H,24,27). The van der Waals surface area contributed by atoms with Crippen LogP contribution in [0, 0.1) is 0 Å². The van der Waals surface area contributed by atoms with Gasteiger partial charge in [0, 0.05) is 48.9 Å². The second-order valence-corrected chi connectivity index (χ2v) is 6.93. The van der Waals surface area contributed by atoms with Crippen LogP contribution in [-0.2, 0) is 11.3 Å². The second-order valence-electron chi connectivity index (χ2n) is 6.52. The minimum atomic E-state index is -0.235. The molecule has 144 valence electrons. The van der Waals surface area contributed by atoms with E-state index < -0.39 is 0 Å². The van der Waals surface area contributed by atoms with Crippen molar-refractivity contribution < 1.29 is 9.53 Å². The number of hydrogen-bond acceptors (Lipinski definition) is 5. The van der Waals surface area contributed by atoms with Crippen LogP contribution in [0.25, 0.3) is 5.82 Å². The number of carbonyl (C=O) groups is 1. The maximum atomic E-state index is 12.5. The molecule has 1 aromatic carbocycles. The Labute approximate surface area is 167 Å². The van der Waals surface area contributed by atoms with Gasteiger partial charge in [0.2, 0.25) is 0 Å². The molecule has 28 heavy (non-hydrogen) atoms. The van der Waals surface area contributed by atoms with E-state index in [1.807, 2.05) is 12.1 Å². The van der Waals surface area contributed by atoms with Crippen molar-refractivity contribution in [3.05, 3.63) is 71.4 Å². The number of nitrogens with one attached hydrogen (secondary N) is 1. The van der Waals surface area contributed by atoms with Crippen LogP contribution in [0.4, 0.5) is 5.69 Å². The largest absolute Gasteiger partial charge is 0.379 e. The van der Waals surface area contributed by atoms with Gasteiger partial charge in [-0.25, -0.2) is 9.97 Å². The summed E-state index contributed by atoms with van der Waals surface area (Å²) >= 11 is 6.43. The lowest BCUT2D eigenvalue weighted by Crippen LogP contribution is -2.35. The van der Waals surface area contributed by atoms with E-state index in [0.29, 0.717) is 22.1 Å². The quantitative estimate of drug-likeness (QED) is 0.716. The van der Waals surface area contributed by atoms with Gasteiger partial charge in [-0.2, -0.15) is 0 Å². The summed E-state index contributed by atoms with van der Waals surface area (Å²) < 4.78 is 7.14. The predicted octanol–water partition coefficient (Wildman–Crippen LogP) is 3.01. The third-order valence-electron chi connectivity index (χ3n) is 4.59. The summed E-state index contributed by atoms with van der Waals surface area (Å²) in [6.07, 6.45) is 6.67. The molecule has 3 heterocycles. The number of amides is 1. The molecule has 1 fully saturated rings. The van der Waals surface area contributed by atoms with Gasteiger partial charge in [-0.3, -0.25) is 14.3 Å². The van der Waals surface area contributed by atoms with Crippen LogP contribution in [0.3, 0.4) is 0 Å². The number of morpholine rings is 1. The zero-order valence-corrected chi connectivity index (χ0v) is 16.0. The van der Waals surface area contributed by atoms with Crippen LogP contribution in [0.1, 0.15) is 15.9 Å². The van der Waals surface area contributed by atoms with Gasteiger partial charge in [0.25, 0.3) is 5.91 Å². The van der Waals surface area contributed by atoms with Crippen LogP contribution in [0.15, 0.2) is 55.2 Å². The number of carbonyl (C=O) groups excluding carboxylic acids is 1. The molecule has 0 bridgehead atoms. The SMILES string of the molecule is O=C(Nc1ccc(CN2CCOCC2)c(Cl)c1)c1ccc(-n2ccnc2)nc1. The van der Waals surface area contributed by atoms with Gasteiger partial charge in [-0.1, -0.05) is 17.7 Å². The first-order valence-electron chi connectivity index (χ1n) is 9.03. The van der Waals surface area contributed by atoms with Crippen molar-refractivity contribution >= 4 is 23.2 Å². The van der Waals surface area contributed by atoms with E-state index in [-0.39, 0.29) is 5.91 Å². The van der Waals surface area contributed by atoms with Crippen molar-refractivity contribution in [2.45, 2.75) is 6.54 Å². The predicted molar refractivity (Wildman–Crippen MR) is 107 cm³/mol. The number of nitrogens with zero attached hydrogens (tertiary/aromatic N) is 4. The van der Waals surface area contributed by atoms with Gasteiger partial charge < -0.3 is 10.1 Å². The molecule has 0 unspecified atom stereocenters. The molecular weight excluding hydrogens is 378 g/mol. The fourth-order valence-electron chi connectivity index (χ4n) is 3.02. The molecule has 0 radical (unpaired) electrons. The average Bonchev–Trinajstić information content (AvgIpc) is 3.26. The molecule has 7 nitrogen and oxygen atoms in total. The third-order valence-corrected chi connectivity index (χ3v) is 4.94. The zero-order chi connectivity index (χ0) is 19.3. The van der Waals surface area contributed by atoms with E-state index >= 15 is 0 Å². The Morgan fingerprint density at radius 2 is 2.07 bits per heavy atom.